The van der Waals surface area contributed by atoms with Crippen molar-refractivity contribution >= 4 is 15.9 Å². The molecule has 0 atom stereocenters. The summed E-state index contributed by atoms with van der Waals surface area (Å²) < 4.78 is 7.45. The molecule has 4 aromatic carbocycles. The number of fused-ring (bicyclic) bond motifs is 9. The van der Waals surface area contributed by atoms with Crippen molar-refractivity contribution in [3.8, 4) is 22.6 Å². The van der Waals surface area contributed by atoms with E-state index in [-0.39, 0.29) is 5.41 Å². The quantitative estimate of drug-likeness (QED) is 0.250. The van der Waals surface area contributed by atoms with Gasteiger partial charge in [-0.25, -0.2) is 0 Å². The summed E-state index contributed by atoms with van der Waals surface area (Å²) in [6, 6.07) is 30.5. The molecule has 1 nitrogen and oxygen atoms in total. The summed E-state index contributed by atoms with van der Waals surface area (Å²) in [5.74, 6) is 1.86. The lowest BCUT2D eigenvalue weighted by molar-refractivity contribution is 0.436. The minimum Gasteiger partial charge on any atom is -0.457 e. The van der Waals surface area contributed by atoms with Gasteiger partial charge in [0.15, 0.2) is 0 Å². The number of aryl methyl sites for hydroxylation is 1. The molecule has 0 amide bonds. The highest BCUT2D eigenvalue weighted by molar-refractivity contribution is 9.10. The normalized spacial score (nSPS) is 14.6. The predicted molar refractivity (Wildman–Crippen MR) is 116 cm³/mol. The van der Waals surface area contributed by atoms with Gasteiger partial charge in [-0.1, -0.05) is 82.2 Å². The third kappa shape index (κ3) is 1.91. The predicted octanol–water partition coefficient (Wildman–Crippen LogP) is 7.23. The Balaban J connectivity index is 1.86. The van der Waals surface area contributed by atoms with Gasteiger partial charge in [-0.15, -0.1) is 0 Å². The summed E-state index contributed by atoms with van der Waals surface area (Å²) >= 11 is 3.70. The second-order valence-corrected chi connectivity index (χ2v) is 8.50. The summed E-state index contributed by atoms with van der Waals surface area (Å²) in [5, 5.41) is 0. The van der Waals surface area contributed by atoms with Crippen LogP contribution < -0.4 is 4.74 Å². The first-order valence-corrected chi connectivity index (χ1v) is 10.3. The van der Waals surface area contributed by atoms with Crippen LogP contribution in [0.5, 0.6) is 11.5 Å². The molecule has 4 aromatic rings. The van der Waals surface area contributed by atoms with E-state index in [0.717, 1.165) is 16.0 Å². The van der Waals surface area contributed by atoms with Gasteiger partial charge in [0.05, 0.1) is 5.41 Å². The van der Waals surface area contributed by atoms with Crippen LogP contribution in [0, 0.1) is 6.92 Å². The molecule has 1 aliphatic carbocycles. The molecule has 1 spiro atoms. The van der Waals surface area contributed by atoms with Gasteiger partial charge in [0.25, 0.3) is 0 Å². The van der Waals surface area contributed by atoms with Crippen LogP contribution in [-0.2, 0) is 5.41 Å². The van der Waals surface area contributed by atoms with E-state index in [2.05, 4.69) is 108 Å². The van der Waals surface area contributed by atoms with Gasteiger partial charge in [-0.05, 0) is 53.4 Å². The van der Waals surface area contributed by atoms with Crippen LogP contribution in [-0.4, -0.2) is 0 Å². The number of hydrogen-bond donors (Lipinski definition) is 0. The SMILES string of the molecule is Cc1ccc2c(c1)C1(c3cc(Br)ccc3O2)c2ccccc2-c2ccccc21. The van der Waals surface area contributed by atoms with Gasteiger partial charge < -0.3 is 4.74 Å². The Bertz CT molecular complexity index is 1170. The van der Waals surface area contributed by atoms with Crippen LogP contribution >= 0.6 is 15.9 Å². The van der Waals surface area contributed by atoms with Crippen LogP contribution in [0.3, 0.4) is 0 Å². The minimum atomic E-state index is -0.369. The van der Waals surface area contributed by atoms with E-state index < -0.39 is 0 Å². The number of ether oxygens (including phenoxy) is 1. The van der Waals surface area contributed by atoms with E-state index in [0.29, 0.717) is 0 Å². The molecule has 2 aliphatic rings. The van der Waals surface area contributed by atoms with Crippen LogP contribution in [0.1, 0.15) is 27.8 Å². The molecule has 0 fully saturated rings. The second kappa shape index (κ2) is 5.59. The summed E-state index contributed by atoms with van der Waals surface area (Å²) in [4.78, 5) is 0. The van der Waals surface area contributed by atoms with Gasteiger partial charge >= 0.3 is 0 Å². The third-order valence-corrected chi connectivity index (χ3v) is 6.55. The van der Waals surface area contributed by atoms with Crippen LogP contribution in [0.4, 0.5) is 0 Å². The van der Waals surface area contributed by atoms with Crippen molar-refractivity contribution in [2.24, 2.45) is 0 Å². The highest BCUT2D eigenvalue weighted by Crippen LogP contribution is 2.62. The minimum absolute atomic E-state index is 0.369. The van der Waals surface area contributed by atoms with Gasteiger partial charge in [0.2, 0.25) is 0 Å². The van der Waals surface area contributed by atoms with Crippen molar-refractivity contribution in [3.05, 3.63) is 117 Å². The van der Waals surface area contributed by atoms with Gasteiger partial charge in [0, 0.05) is 15.6 Å². The maximum Gasteiger partial charge on any atom is 0.132 e. The lowest BCUT2D eigenvalue weighted by Gasteiger charge is -2.39. The van der Waals surface area contributed by atoms with Crippen molar-refractivity contribution in [1.82, 2.24) is 0 Å². The number of halogens is 1. The van der Waals surface area contributed by atoms with E-state index in [1.165, 1.54) is 38.9 Å². The van der Waals surface area contributed by atoms with E-state index in [9.17, 15) is 0 Å². The van der Waals surface area contributed by atoms with E-state index in [1.807, 2.05) is 0 Å². The van der Waals surface area contributed by atoms with Crippen LogP contribution in [0.25, 0.3) is 11.1 Å². The molecule has 0 N–H and O–H groups in total. The van der Waals surface area contributed by atoms with E-state index in [1.54, 1.807) is 0 Å². The van der Waals surface area contributed by atoms with Gasteiger partial charge in [-0.2, -0.15) is 0 Å². The summed E-state index contributed by atoms with van der Waals surface area (Å²) in [6.07, 6.45) is 0. The van der Waals surface area contributed by atoms with Crippen LogP contribution in [0.15, 0.2) is 89.4 Å². The maximum atomic E-state index is 6.38. The largest absolute Gasteiger partial charge is 0.457 e. The second-order valence-electron chi connectivity index (χ2n) is 7.58. The first kappa shape index (κ1) is 16.1. The fraction of sp³-hybridized carbons (Fsp3) is 0.0769. The number of rotatable bonds is 0. The molecule has 6 rings (SSSR count). The molecule has 1 aliphatic heterocycles. The molecule has 1 heterocycles. The zero-order valence-electron chi connectivity index (χ0n) is 15.4. The van der Waals surface area contributed by atoms with Crippen molar-refractivity contribution < 1.29 is 4.74 Å². The highest BCUT2D eigenvalue weighted by atomic mass is 79.9. The molecule has 0 radical (unpaired) electrons. The van der Waals surface area contributed by atoms with Gasteiger partial charge in [-0.3, -0.25) is 0 Å². The average molecular weight is 425 g/mol. The van der Waals surface area contributed by atoms with Crippen molar-refractivity contribution in [2.75, 3.05) is 0 Å². The number of hydrogen-bond acceptors (Lipinski definition) is 1. The molecular formula is C26H17BrO. The molecule has 134 valence electrons. The Kier molecular flexibility index (Phi) is 3.22. The fourth-order valence-corrected chi connectivity index (χ4v) is 5.35. The topological polar surface area (TPSA) is 9.23 Å². The third-order valence-electron chi connectivity index (χ3n) is 6.06. The lowest BCUT2D eigenvalue weighted by Crippen LogP contribution is -2.32. The van der Waals surface area contributed by atoms with E-state index in [4.69, 9.17) is 4.74 Å². The van der Waals surface area contributed by atoms with Crippen molar-refractivity contribution in [3.63, 3.8) is 0 Å². The van der Waals surface area contributed by atoms with Gasteiger partial charge in [0.1, 0.15) is 11.5 Å². The van der Waals surface area contributed by atoms with Crippen molar-refractivity contribution in [1.29, 1.82) is 0 Å². The summed E-state index contributed by atoms with van der Waals surface area (Å²) in [5.41, 5.74) is 8.54. The van der Waals surface area contributed by atoms with Crippen LogP contribution in [0.2, 0.25) is 0 Å². The van der Waals surface area contributed by atoms with Crippen molar-refractivity contribution in [2.45, 2.75) is 12.3 Å². The molecule has 0 bridgehead atoms. The fourth-order valence-electron chi connectivity index (χ4n) is 4.99. The molecule has 0 saturated carbocycles. The Morgan fingerprint density at radius 2 is 1.21 bits per heavy atom. The first-order valence-electron chi connectivity index (χ1n) is 9.48. The molecule has 0 saturated heterocycles. The monoisotopic (exact) mass is 424 g/mol. The zero-order valence-corrected chi connectivity index (χ0v) is 17.0. The summed E-state index contributed by atoms with van der Waals surface area (Å²) in [7, 11) is 0. The smallest absolute Gasteiger partial charge is 0.132 e. The maximum absolute atomic E-state index is 6.38. The Labute approximate surface area is 172 Å². The molecule has 0 aromatic heterocycles. The number of benzene rings is 4. The highest BCUT2D eigenvalue weighted by Gasteiger charge is 2.50. The molecule has 28 heavy (non-hydrogen) atoms. The lowest BCUT2D eigenvalue weighted by atomic mass is 9.66. The Hall–Kier alpha value is -2.84. The Morgan fingerprint density at radius 1 is 0.643 bits per heavy atom. The molecule has 2 heteroatoms. The molecule has 0 unspecified atom stereocenters. The standard InChI is InChI=1S/C26H17BrO/c1-16-10-12-24-22(14-16)26(23-15-17(27)11-13-25(23)28-24)20-8-4-2-6-18(20)19-7-3-5-9-21(19)26/h2-15H,1H3. The zero-order chi connectivity index (χ0) is 18.9. The average Bonchev–Trinajstić information content (AvgIpc) is 3.01. The first-order chi connectivity index (χ1) is 13.7. The summed E-state index contributed by atoms with van der Waals surface area (Å²) in [6.45, 7) is 2.15. The van der Waals surface area contributed by atoms with E-state index >= 15 is 0 Å². The Morgan fingerprint density at radius 3 is 1.89 bits per heavy atom. The molecular weight excluding hydrogens is 408 g/mol.